The minimum absolute atomic E-state index is 0.0698. The molecule has 2 aromatic rings. The van der Waals surface area contributed by atoms with Crippen molar-refractivity contribution in [3.63, 3.8) is 0 Å². The van der Waals surface area contributed by atoms with Crippen LogP contribution in [0.1, 0.15) is 6.42 Å². The third kappa shape index (κ3) is 4.38. The number of carbonyl (C=O) groups is 3. The minimum Gasteiger partial charge on any atom is -0.325 e. The highest BCUT2D eigenvalue weighted by Crippen LogP contribution is 2.30. The fourth-order valence-corrected chi connectivity index (χ4v) is 3.69. The Balaban J connectivity index is 1.57. The van der Waals surface area contributed by atoms with Crippen LogP contribution >= 0.6 is 35.0 Å². The number of anilines is 2. The molecule has 0 unspecified atom stereocenters. The van der Waals surface area contributed by atoms with Crippen molar-refractivity contribution in [2.45, 2.75) is 11.7 Å². The van der Waals surface area contributed by atoms with E-state index in [-0.39, 0.29) is 29.9 Å². The Morgan fingerprint density at radius 1 is 1.04 bits per heavy atom. The van der Waals surface area contributed by atoms with Gasteiger partial charge in [-0.2, -0.15) is 0 Å². The third-order valence-corrected chi connectivity index (χ3v) is 5.44. The molecule has 0 radical (unpaired) electrons. The molecular weight excluding hydrogens is 395 g/mol. The first kappa shape index (κ1) is 18.8. The van der Waals surface area contributed by atoms with Crippen molar-refractivity contribution < 1.29 is 14.4 Å². The van der Waals surface area contributed by atoms with E-state index in [4.69, 9.17) is 23.2 Å². The number of amides is 3. The molecular formula is C18H14Cl2N2O3S. The molecule has 0 aliphatic carbocycles. The van der Waals surface area contributed by atoms with Crippen LogP contribution in [0.3, 0.4) is 0 Å². The van der Waals surface area contributed by atoms with Crippen LogP contribution in [0, 0.1) is 0 Å². The number of hydrogen-bond donors (Lipinski definition) is 1. The molecule has 0 saturated carbocycles. The summed E-state index contributed by atoms with van der Waals surface area (Å²) in [6.07, 6.45) is 0.0698. The molecule has 1 saturated heterocycles. The molecule has 1 heterocycles. The van der Waals surface area contributed by atoms with Gasteiger partial charge in [-0.3, -0.25) is 14.4 Å². The highest BCUT2D eigenvalue weighted by atomic mass is 35.5. The van der Waals surface area contributed by atoms with E-state index in [0.29, 0.717) is 21.4 Å². The number of benzene rings is 2. The lowest BCUT2D eigenvalue weighted by Gasteiger charge is -2.15. The van der Waals surface area contributed by atoms with Crippen LogP contribution in [0.15, 0.2) is 48.5 Å². The highest BCUT2D eigenvalue weighted by Gasteiger charge is 2.40. The Bertz CT molecular complexity index is 841. The van der Waals surface area contributed by atoms with E-state index in [9.17, 15) is 14.4 Å². The second kappa shape index (κ2) is 8.12. The topological polar surface area (TPSA) is 66.5 Å². The standard InChI is InChI=1S/C18H14Cl2N2O3S/c19-11-1-5-13(6-2-11)21-16(23)10-26-15-9-17(24)22(18(15)25)14-7-3-12(20)4-8-14/h1-8,15H,9-10H2,(H,21,23)/t15-/m0/s1. The molecule has 0 spiro atoms. The lowest BCUT2D eigenvalue weighted by atomic mass is 10.3. The lowest BCUT2D eigenvalue weighted by Crippen LogP contribution is -2.31. The van der Waals surface area contributed by atoms with E-state index < -0.39 is 5.25 Å². The van der Waals surface area contributed by atoms with Gasteiger partial charge in [0.2, 0.25) is 17.7 Å². The average Bonchev–Trinajstić information content (AvgIpc) is 2.90. The molecule has 26 heavy (non-hydrogen) atoms. The maximum Gasteiger partial charge on any atom is 0.247 e. The maximum atomic E-state index is 12.5. The first-order valence-electron chi connectivity index (χ1n) is 7.73. The summed E-state index contributed by atoms with van der Waals surface area (Å²) in [7, 11) is 0. The summed E-state index contributed by atoms with van der Waals surface area (Å²) in [4.78, 5) is 37.9. The average molecular weight is 409 g/mol. The van der Waals surface area contributed by atoms with Crippen molar-refractivity contribution in [2.24, 2.45) is 0 Å². The van der Waals surface area contributed by atoms with E-state index in [2.05, 4.69) is 5.32 Å². The van der Waals surface area contributed by atoms with Crippen molar-refractivity contribution in [1.82, 2.24) is 0 Å². The predicted octanol–water partition coefficient (Wildman–Crippen LogP) is 4.00. The smallest absolute Gasteiger partial charge is 0.247 e. The Labute approximate surface area is 164 Å². The predicted molar refractivity (Wildman–Crippen MR) is 105 cm³/mol. The van der Waals surface area contributed by atoms with Gasteiger partial charge in [0.05, 0.1) is 16.7 Å². The zero-order valence-electron chi connectivity index (χ0n) is 13.4. The van der Waals surface area contributed by atoms with Crippen molar-refractivity contribution in [3.05, 3.63) is 58.6 Å². The van der Waals surface area contributed by atoms with Crippen molar-refractivity contribution in [2.75, 3.05) is 16.0 Å². The van der Waals surface area contributed by atoms with Gasteiger partial charge in [-0.05, 0) is 48.5 Å². The van der Waals surface area contributed by atoms with Gasteiger partial charge in [0, 0.05) is 22.2 Å². The van der Waals surface area contributed by atoms with Crippen LogP contribution in [0.5, 0.6) is 0 Å². The minimum atomic E-state index is -0.575. The molecule has 3 amide bonds. The number of halogens is 2. The Hall–Kier alpha value is -2.02. The lowest BCUT2D eigenvalue weighted by molar-refractivity contribution is -0.121. The number of imide groups is 1. The fraction of sp³-hybridized carbons (Fsp3) is 0.167. The second-order valence-electron chi connectivity index (χ2n) is 5.60. The van der Waals surface area contributed by atoms with Crippen LogP contribution in [0.25, 0.3) is 0 Å². The summed E-state index contributed by atoms with van der Waals surface area (Å²) in [5.41, 5.74) is 1.11. The third-order valence-electron chi connectivity index (χ3n) is 3.73. The summed E-state index contributed by atoms with van der Waals surface area (Å²) in [6.45, 7) is 0. The van der Waals surface area contributed by atoms with Crippen molar-refractivity contribution in [3.8, 4) is 0 Å². The summed E-state index contributed by atoms with van der Waals surface area (Å²) in [6, 6.07) is 13.2. The summed E-state index contributed by atoms with van der Waals surface area (Å²) < 4.78 is 0. The first-order valence-corrected chi connectivity index (χ1v) is 9.54. The van der Waals surface area contributed by atoms with Gasteiger partial charge in [0.25, 0.3) is 0 Å². The fourth-order valence-electron chi connectivity index (χ4n) is 2.50. The van der Waals surface area contributed by atoms with Gasteiger partial charge in [-0.25, -0.2) is 4.90 Å². The maximum absolute atomic E-state index is 12.5. The van der Waals surface area contributed by atoms with Crippen LogP contribution in [0.4, 0.5) is 11.4 Å². The van der Waals surface area contributed by atoms with E-state index >= 15 is 0 Å². The van der Waals surface area contributed by atoms with Gasteiger partial charge >= 0.3 is 0 Å². The molecule has 8 heteroatoms. The molecule has 1 aliphatic heterocycles. The van der Waals surface area contributed by atoms with Crippen LogP contribution in [-0.4, -0.2) is 28.7 Å². The van der Waals surface area contributed by atoms with Gasteiger partial charge in [0.15, 0.2) is 0 Å². The molecule has 1 fully saturated rings. The van der Waals surface area contributed by atoms with E-state index in [1.165, 1.54) is 0 Å². The molecule has 2 aromatic carbocycles. The molecule has 1 N–H and O–H groups in total. The molecule has 0 bridgehead atoms. The molecule has 134 valence electrons. The summed E-state index contributed by atoms with van der Waals surface area (Å²) in [5.74, 6) is -0.780. The van der Waals surface area contributed by atoms with E-state index in [1.807, 2.05) is 0 Å². The van der Waals surface area contributed by atoms with Crippen LogP contribution in [-0.2, 0) is 14.4 Å². The number of nitrogens with one attached hydrogen (secondary N) is 1. The molecule has 3 rings (SSSR count). The molecule has 1 atom stereocenters. The Morgan fingerprint density at radius 3 is 2.23 bits per heavy atom. The van der Waals surface area contributed by atoms with E-state index in [1.54, 1.807) is 48.5 Å². The second-order valence-corrected chi connectivity index (χ2v) is 7.67. The van der Waals surface area contributed by atoms with Gasteiger partial charge in [-0.15, -0.1) is 11.8 Å². The van der Waals surface area contributed by atoms with Crippen LogP contribution < -0.4 is 10.2 Å². The first-order chi connectivity index (χ1) is 12.4. The summed E-state index contributed by atoms with van der Waals surface area (Å²) in [5, 5.41) is 3.25. The Kier molecular flexibility index (Phi) is 5.86. The molecule has 0 aromatic heterocycles. The molecule has 1 aliphatic rings. The molecule has 5 nitrogen and oxygen atoms in total. The monoisotopic (exact) mass is 408 g/mol. The largest absolute Gasteiger partial charge is 0.325 e. The van der Waals surface area contributed by atoms with E-state index in [0.717, 1.165) is 16.7 Å². The Morgan fingerprint density at radius 2 is 1.62 bits per heavy atom. The van der Waals surface area contributed by atoms with Crippen molar-refractivity contribution >= 4 is 64.1 Å². The van der Waals surface area contributed by atoms with Gasteiger partial charge < -0.3 is 5.32 Å². The van der Waals surface area contributed by atoms with Gasteiger partial charge in [0.1, 0.15) is 0 Å². The highest BCUT2D eigenvalue weighted by molar-refractivity contribution is 8.01. The zero-order chi connectivity index (χ0) is 18.7. The number of rotatable bonds is 5. The van der Waals surface area contributed by atoms with Gasteiger partial charge in [-0.1, -0.05) is 23.2 Å². The van der Waals surface area contributed by atoms with Crippen molar-refractivity contribution in [1.29, 1.82) is 0 Å². The number of hydrogen-bond acceptors (Lipinski definition) is 4. The zero-order valence-corrected chi connectivity index (χ0v) is 15.8. The SMILES string of the molecule is O=C(CS[C@H]1CC(=O)N(c2ccc(Cl)cc2)C1=O)Nc1ccc(Cl)cc1. The normalized spacial score (nSPS) is 16.8. The number of thioether (sulfide) groups is 1. The quantitative estimate of drug-likeness (QED) is 0.759. The number of carbonyl (C=O) groups excluding carboxylic acids is 3. The number of nitrogens with zero attached hydrogens (tertiary/aromatic N) is 1. The van der Waals surface area contributed by atoms with Crippen LogP contribution in [0.2, 0.25) is 10.0 Å². The summed E-state index contributed by atoms with van der Waals surface area (Å²) >= 11 is 12.8.